The van der Waals surface area contributed by atoms with Gasteiger partial charge in [0.05, 0.1) is 26.9 Å². The first-order valence-corrected chi connectivity index (χ1v) is 5.95. The zero-order valence-electron chi connectivity index (χ0n) is 10.6. The van der Waals surface area contributed by atoms with Crippen molar-refractivity contribution >= 4 is 12.0 Å². The van der Waals surface area contributed by atoms with Gasteiger partial charge in [0.15, 0.2) is 5.79 Å². The van der Waals surface area contributed by atoms with E-state index >= 15 is 0 Å². The Labute approximate surface area is 105 Å². The molecule has 2 heterocycles. The van der Waals surface area contributed by atoms with Crippen LogP contribution in [-0.2, 0) is 19.0 Å². The molecule has 2 amide bonds. The number of nitrogens with one attached hydrogen (secondary N) is 1. The standard InChI is InChI=1S/C11H18N2O5/c1-8-5-11(17-3-4-18-11)7-13(8)9(14)6-12-10(15)16-2/h8H,3-7H2,1-2H3,(H,12,15). The second-order valence-electron chi connectivity index (χ2n) is 4.53. The molecule has 0 bridgehead atoms. The van der Waals surface area contributed by atoms with Gasteiger partial charge >= 0.3 is 6.09 Å². The van der Waals surface area contributed by atoms with E-state index in [1.807, 2.05) is 6.92 Å². The molecule has 2 aliphatic rings. The first kappa shape index (κ1) is 13.1. The largest absolute Gasteiger partial charge is 0.453 e. The van der Waals surface area contributed by atoms with E-state index in [9.17, 15) is 9.59 Å². The third-order valence-electron chi connectivity index (χ3n) is 3.25. The summed E-state index contributed by atoms with van der Waals surface area (Å²) in [7, 11) is 1.26. The molecule has 1 spiro atoms. The summed E-state index contributed by atoms with van der Waals surface area (Å²) in [5.41, 5.74) is 0. The lowest BCUT2D eigenvalue weighted by Gasteiger charge is -2.23. The van der Waals surface area contributed by atoms with E-state index in [1.54, 1.807) is 4.90 Å². The summed E-state index contributed by atoms with van der Waals surface area (Å²) < 4.78 is 15.6. The highest BCUT2D eigenvalue weighted by Crippen LogP contribution is 2.34. The molecular formula is C11H18N2O5. The number of hydrogen-bond donors (Lipinski definition) is 1. The minimum absolute atomic E-state index is 0.0371. The molecule has 0 radical (unpaired) electrons. The molecule has 0 aliphatic carbocycles. The highest BCUT2D eigenvalue weighted by Gasteiger charge is 2.48. The van der Waals surface area contributed by atoms with E-state index in [0.29, 0.717) is 26.2 Å². The lowest BCUT2D eigenvalue weighted by Crippen LogP contribution is -2.43. The van der Waals surface area contributed by atoms with Crippen LogP contribution in [0.1, 0.15) is 13.3 Å². The maximum atomic E-state index is 12.0. The number of nitrogens with zero attached hydrogens (tertiary/aromatic N) is 1. The molecule has 2 fully saturated rings. The number of hydrogen-bond acceptors (Lipinski definition) is 5. The van der Waals surface area contributed by atoms with Gasteiger partial charge in [-0.1, -0.05) is 0 Å². The lowest BCUT2D eigenvalue weighted by molar-refractivity contribution is -0.152. The maximum Gasteiger partial charge on any atom is 0.407 e. The summed E-state index contributed by atoms with van der Waals surface area (Å²) in [4.78, 5) is 24.5. The number of amides is 2. The van der Waals surface area contributed by atoms with Gasteiger partial charge < -0.3 is 24.4 Å². The monoisotopic (exact) mass is 258 g/mol. The Morgan fingerprint density at radius 2 is 2.11 bits per heavy atom. The second kappa shape index (κ2) is 5.11. The molecule has 102 valence electrons. The SMILES string of the molecule is COC(=O)NCC(=O)N1CC2(CC1C)OCCO2. The molecule has 0 saturated carbocycles. The fourth-order valence-corrected chi connectivity index (χ4v) is 2.40. The van der Waals surface area contributed by atoms with Crippen molar-refractivity contribution in [2.75, 3.05) is 33.4 Å². The smallest absolute Gasteiger partial charge is 0.407 e. The Kier molecular flexibility index (Phi) is 3.72. The van der Waals surface area contributed by atoms with Crippen LogP contribution < -0.4 is 5.32 Å². The molecular weight excluding hydrogens is 240 g/mol. The number of alkyl carbamates (subject to hydrolysis) is 1. The van der Waals surface area contributed by atoms with Gasteiger partial charge in [0, 0.05) is 12.5 Å². The van der Waals surface area contributed by atoms with Crippen LogP contribution in [0.2, 0.25) is 0 Å². The van der Waals surface area contributed by atoms with E-state index in [0.717, 1.165) is 0 Å². The minimum Gasteiger partial charge on any atom is -0.453 e. The summed E-state index contributed by atoms with van der Waals surface area (Å²) in [6.07, 6.45) is 0.0510. The number of likely N-dealkylation sites (tertiary alicyclic amines) is 1. The normalized spacial score (nSPS) is 25.4. The van der Waals surface area contributed by atoms with Crippen molar-refractivity contribution in [3.63, 3.8) is 0 Å². The van der Waals surface area contributed by atoms with Gasteiger partial charge in [0.1, 0.15) is 6.54 Å². The number of ether oxygens (including phenoxy) is 3. The zero-order chi connectivity index (χ0) is 13.2. The molecule has 0 aromatic carbocycles. The van der Waals surface area contributed by atoms with Crippen molar-refractivity contribution in [2.45, 2.75) is 25.2 Å². The van der Waals surface area contributed by atoms with Crippen LogP contribution in [-0.4, -0.2) is 62.1 Å². The first-order chi connectivity index (χ1) is 8.56. The number of methoxy groups -OCH3 is 1. The summed E-state index contributed by atoms with van der Waals surface area (Å²) >= 11 is 0. The third-order valence-corrected chi connectivity index (χ3v) is 3.25. The van der Waals surface area contributed by atoms with E-state index in [-0.39, 0.29) is 18.5 Å². The number of carbonyl (C=O) groups excluding carboxylic acids is 2. The van der Waals surface area contributed by atoms with Crippen LogP contribution in [0.25, 0.3) is 0 Å². The van der Waals surface area contributed by atoms with Gasteiger partial charge in [-0.25, -0.2) is 4.79 Å². The Hall–Kier alpha value is -1.34. The van der Waals surface area contributed by atoms with Crippen molar-refractivity contribution in [3.8, 4) is 0 Å². The van der Waals surface area contributed by atoms with Gasteiger partial charge in [0.2, 0.25) is 5.91 Å². The number of carbonyl (C=O) groups is 2. The van der Waals surface area contributed by atoms with Crippen molar-refractivity contribution in [1.29, 1.82) is 0 Å². The van der Waals surface area contributed by atoms with Crippen molar-refractivity contribution in [1.82, 2.24) is 10.2 Å². The quantitative estimate of drug-likeness (QED) is 0.736. The van der Waals surface area contributed by atoms with E-state index in [2.05, 4.69) is 10.1 Å². The third kappa shape index (κ3) is 2.56. The summed E-state index contributed by atoms with van der Waals surface area (Å²) in [6.45, 7) is 3.41. The van der Waals surface area contributed by atoms with Crippen LogP contribution in [0.3, 0.4) is 0 Å². The summed E-state index contributed by atoms with van der Waals surface area (Å²) in [6, 6.07) is 0.0371. The molecule has 7 heteroatoms. The Morgan fingerprint density at radius 1 is 1.44 bits per heavy atom. The van der Waals surface area contributed by atoms with E-state index in [4.69, 9.17) is 9.47 Å². The highest BCUT2D eigenvalue weighted by atomic mass is 16.7. The van der Waals surface area contributed by atoms with Gasteiger partial charge in [-0.05, 0) is 6.92 Å². The Bertz CT molecular complexity index is 340. The fraction of sp³-hybridized carbons (Fsp3) is 0.818. The Morgan fingerprint density at radius 3 is 2.72 bits per heavy atom. The van der Waals surface area contributed by atoms with E-state index in [1.165, 1.54) is 7.11 Å². The molecule has 0 aromatic heterocycles. The lowest BCUT2D eigenvalue weighted by atomic mass is 10.2. The number of rotatable bonds is 2. The maximum absolute atomic E-state index is 12.0. The molecule has 2 rings (SSSR count). The van der Waals surface area contributed by atoms with Gasteiger partial charge in [0.25, 0.3) is 0 Å². The van der Waals surface area contributed by atoms with Gasteiger partial charge in [-0.2, -0.15) is 0 Å². The molecule has 18 heavy (non-hydrogen) atoms. The Balaban J connectivity index is 1.89. The first-order valence-electron chi connectivity index (χ1n) is 5.95. The molecule has 1 unspecified atom stereocenters. The van der Waals surface area contributed by atoms with Crippen LogP contribution in [0.4, 0.5) is 4.79 Å². The molecule has 7 nitrogen and oxygen atoms in total. The van der Waals surface area contributed by atoms with Gasteiger partial charge in [-0.3, -0.25) is 4.79 Å². The molecule has 2 aliphatic heterocycles. The molecule has 2 saturated heterocycles. The van der Waals surface area contributed by atoms with Crippen molar-refractivity contribution in [3.05, 3.63) is 0 Å². The fourth-order valence-electron chi connectivity index (χ4n) is 2.40. The molecule has 1 atom stereocenters. The van der Waals surface area contributed by atoms with E-state index < -0.39 is 11.9 Å². The van der Waals surface area contributed by atoms with Crippen LogP contribution in [0.15, 0.2) is 0 Å². The predicted molar refractivity (Wildman–Crippen MR) is 60.8 cm³/mol. The van der Waals surface area contributed by atoms with Crippen molar-refractivity contribution < 1.29 is 23.8 Å². The summed E-state index contributed by atoms with van der Waals surface area (Å²) in [5, 5.41) is 2.37. The van der Waals surface area contributed by atoms with Crippen molar-refractivity contribution in [2.24, 2.45) is 0 Å². The molecule has 0 aromatic rings. The average Bonchev–Trinajstić information content (AvgIpc) is 2.93. The highest BCUT2D eigenvalue weighted by molar-refractivity contribution is 5.82. The van der Waals surface area contributed by atoms with Crippen LogP contribution >= 0.6 is 0 Å². The molecule has 1 N–H and O–H groups in total. The topological polar surface area (TPSA) is 77.1 Å². The zero-order valence-corrected chi connectivity index (χ0v) is 10.6. The van der Waals surface area contributed by atoms with Crippen LogP contribution in [0, 0.1) is 0 Å². The van der Waals surface area contributed by atoms with Gasteiger partial charge in [-0.15, -0.1) is 0 Å². The predicted octanol–water partition coefficient (Wildman–Crippen LogP) is -0.294. The average molecular weight is 258 g/mol. The summed E-state index contributed by atoms with van der Waals surface area (Å²) in [5.74, 6) is -0.802. The minimum atomic E-state index is -0.639. The van der Waals surface area contributed by atoms with Crippen LogP contribution in [0.5, 0.6) is 0 Å². The second-order valence-corrected chi connectivity index (χ2v) is 4.53.